The maximum atomic E-state index is 11.3. The number of rotatable bonds is 2. The number of alkyl halides is 1. The summed E-state index contributed by atoms with van der Waals surface area (Å²) in [6, 6.07) is 1.91. The van der Waals surface area contributed by atoms with Crippen molar-refractivity contribution in [2.24, 2.45) is 0 Å². The number of hydrogen-bond donors (Lipinski definition) is 0. The summed E-state index contributed by atoms with van der Waals surface area (Å²) in [5.41, 5.74) is 0. The Morgan fingerprint density at radius 3 is 3.08 bits per heavy atom. The summed E-state index contributed by atoms with van der Waals surface area (Å²) in [6.45, 7) is 0.716. The minimum absolute atomic E-state index is 0.00838. The highest BCUT2D eigenvalue weighted by Gasteiger charge is 2.27. The van der Waals surface area contributed by atoms with Gasteiger partial charge in [0.2, 0.25) is 5.91 Å². The molecule has 0 aromatic carbocycles. The second kappa shape index (κ2) is 4.32. The lowest BCUT2D eigenvalue weighted by atomic mass is 10.2. The van der Waals surface area contributed by atoms with E-state index in [0.29, 0.717) is 18.8 Å². The van der Waals surface area contributed by atoms with Gasteiger partial charge in [0, 0.05) is 18.8 Å². The zero-order chi connectivity index (χ0) is 8.97. The van der Waals surface area contributed by atoms with E-state index in [1.807, 2.05) is 0 Å². The van der Waals surface area contributed by atoms with Crippen LogP contribution in [-0.2, 0) is 4.79 Å². The number of amides is 1. The van der Waals surface area contributed by atoms with Gasteiger partial charge in [0.05, 0.1) is 6.07 Å². The van der Waals surface area contributed by atoms with E-state index >= 15 is 0 Å². The molecule has 1 atom stereocenters. The van der Waals surface area contributed by atoms with Crippen LogP contribution in [0.15, 0.2) is 0 Å². The van der Waals surface area contributed by atoms with Gasteiger partial charge < -0.3 is 4.90 Å². The maximum absolute atomic E-state index is 11.3. The number of nitrogens with zero attached hydrogens (tertiary/aromatic N) is 2. The first-order valence-corrected chi connectivity index (χ1v) is 4.58. The predicted octanol–water partition coefficient (Wildman–Crippen LogP) is 1.13. The molecule has 1 rings (SSSR count). The molecular weight excluding hydrogens is 176 g/mol. The van der Waals surface area contributed by atoms with E-state index in [1.54, 1.807) is 4.90 Å². The van der Waals surface area contributed by atoms with Crippen molar-refractivity contribution in [2.45, 2.75) is 25.3 Å². The molecule has 0 aliphatic carbocycles. The van der Waals surface area contributed by atoms with Crippen LogP contribution in [0.2, 0.25) is 0 Å². The molecule has 1 heterocycles. The highest BCUT2D eigenvalue weighted by molar-refractivity contribution is 6.18. The molecule has 1 aliphatic heterocycles. The third-order valence-electron chi connectivity index (χ3n) is 2.03. The third-order valence-corrected chi connectivity index (χ3v) is 2.22. The summed E-state index contributed by atoms with van der Waals surface area (Å²) in [5.74, 6) is 0.349. The highest BCUT2D eigenvalue weighted by atomic mass is 35.5. The lowest BCUT2D eigenvalue weighted by molar-refractivity contribution is -0.130. The third kappa shape index (κ3) is 1.89. The molecular formula is C8H11ClN2O. The first-order chi connectivity index (χ1) is 5.79. The van der Waals surface area contributed by atoms with Crippen LogP contribution in [-0.4, -0.2) is 29.3 Å². The van der Waals surface area contributed by atoms with Crippen LogP contribution in [0.5, 0.6) is 0 Å². The number of carbonyl (C=O) groups excluding carboxylic acids is 1. The number of carbonyl (C=O) groups is 1. The zero-order valence-electron chi connectivity index (χ0n) is 6.79. The van der Waals surface area contributed by atoms with E-state index in [0.717, 1.165) is 12.8 Å². The lowest BCUT2D eigenvalue weighted by Crippen LogP contribution is -2.34. The Kier molecular flexibility index (Phi) is 3.36. The molecule has 1 saturated heterocycles. The molecule has 1 amide bonds. The maximum Gasteiger partial charge on any atom is 0.224 e. The predicted molar refractivity (Wildman–Crippen MR) is 45.7 cm³/mol. The van der Waals surface area contributed by atoms with Crippen molar-refractivity contribution in [2.75, 3.05) is 12.4 Å². The fourth-order valence-electron chi connectivity index (χ4n) is 1.42. The van der Waals surface area contributed by atoms with Crippen molar-refractivity contribution in [3.05, 3.63) is 0 Å². The quantitative estimate of drug-likeness (QED) is 0.607. The van der Waals surface area contributed by atoms with Crippen LogP contribution in [0.1, 0.15) is 19.3 Å². The Balaban J connectivity index is 2.51. The van der Waals surface area contributed by atoms with Gasteiger partial charge >= 0.3 is 0 Å². The first-order valence-electron chi connectivity index (χ1n) is 4.04. The van der Waals surface area contributed by atoms with Gasteiger partial charge in [-0.2, -0.15) is 5.26 Å². The van der Waals surface area contributed by atoms with Gasteiger partial charge in [0.25, 0.3) is 0 Å². The molecule has 0 spiro atoms. The van der Waals surface area contributed by atoms with Gasteiger partial charge in [-0.3, -0.25) is 4.79 Å². The van der Waals surface area contributed by atoms with E-state index in [4.69, 9.17) is 16.9 Å². The monoisotopic (exact) mass is 186 g/mol. The van der Waals surface area contributed by atoms with Crippen LogP contribution >= 0.6 is 11.6 Å². The van der Waals surface area contributed by atoms with E-state index in [2.05, 4.69) is 6.07 Å². The standard InChI is InChI=1S/C8H11ClN2O/c9-4-3-8(12)11-5-1-2-7(11)6-10/h7H,1-5H2/t7-/m0/s1. The topological polar surface area (TPSA) is 44.1 Å². The molecule has 0 aromatic heterocycles. The number of hydrogen-bond acceptors (Lipinski definition) is 2. The van der Waals surface area contributed by atoms with Gasteiger partial charge in [-0.25, -0.2) is 0 Å². The van der Waals surface area contributed by atoms with E-state index in [1.165, 1.54) is 0 Å². The average Bonchev–Trinajstić information content (AvgIpc) is 2.51. The molecule has 0 aromatic rings. The molecule has 66 valence electrons. The molecule has 3 nitrogen and oxygen atoms in total. The molecule has 0 saturated carbocycles. The van der Waals surface area contributed by atoms with Gasteiger partial charge in [0.15, 0.2) is 0 Å². The Morgan fingerprint density at radius 1 is 1.75 bits per heavy atom. The van der Waals surface area contributed by atoms with Crippen molar-refractivity contribution in [3.8, 4) is 6.07 Å². The van der Waals surface area contributed by atoms with Gasteiger partial charge in [-0.15, -0.1) is 11.6 Å². The van der Waals surface area contributed by atoms with Crippen molar-refractivity contribution in [1.29, 1.82) is 5.26 Å². The van der Waals surface area contributed by atoms with Crippen molar-refractivity contribution in [3.63, 3.8) is 0 Å². The van der Waals surface area contributed by atoms with Gasteiger partial charge in [-0.1, -0.05) is 0 Å². The molecule has 4 heteroatoms. The van der Waals surface area contributed by atoms with Crippen LogP contribution < -0.4 is 0 Å². The summed E-state index contributed by atoms with van der Waals surface area (Å²) in [7, 11) is 0. The van der Waals surface area contributed by atoms with Crippen molar-refractivity contribution in [1.82, 2.24) is 4.90 Å². The highest BCUT2D eigenvalue weighted by Crippen LogP contribution is 2.17. The Hall–Kier alpha value is -0.750. The average molecular weight is 187 g/mol. The second-order valence-electron chi connectivity index (χ2n) is 2.81. The van der Waals surface area contributed by atoms with Gasteiger partial charge in [-0.05, 0) is 12.8 Å². The fraction of sp³-hybridized carbons (Fsp3) is 0.750. The normalized spacial score (nSPS) is 22.3. The summed E-state index contributed by atoms with van der Waals surface area (Å²) in [6.07, 6.45) is 2.09. The van der Waals surface area contributed by atoms with Crippen molar-refractivity contribution < 1.29 is 4.79 Å². The van der Waals surface area contributed by atoms with Crippen molar-refractivity contribution >= 4 is 17.5 Å². The van der Waals surface area contributed by atoms with E-state index in [-0.39, 0.29) is 11.9 Å². The Bertz CT molecular complexity index is 212. The molecule has 1 aliphatic rings. The summed E-state index contributed by atoms with van der Waals surface area (Å²) in [5, 5.41) is 8.68. The first kappa shape index (κ1) is 9.34. The second-order valence-corrected chi connectivity index (χ2v) is 3.19. The van der Waals surface area contributed by atoms with Crippen LogP contribution in [0.25, 0.3) is 0 Å². The zero-order valence-corrected chi connectivity index (χ0v) is 7.55. The lowest BCUT2D eigenvalue weighted by Gasteiger charge is -2.18. The number of halogens is 1. The molecule has 0 bridgehead atoms. The number of likely N-dealkylation sites (tertiary alicyclic amines) is 1. The van der Waals surface area contributed by atoms with Gasteiger partial charge in [0.1, 0.15) is 6.04 Å². The van der Waals surface area contributed by atoms with Crippen LogP contribution in [0, 0.1) is 11.3 Å². The largest absolute Gasteiger partial charge is 0.327 e. The SMILES string of the molecule is N#C[C@@H]1CCCN1C(=O)CCCl. The summed E-state index contributed by atoms with van der Waals surface area (Å²) >= 11 is 5.44. The Labute approximate surface area is 76.9 Å². The molecule has 1 fully saturated rings. The minimum Gasteiger partial charge on any atom is -0.327 e. The van der Waals surface area contributed by atoms with Crippen LogP contribution in [0.4, 0.5) is 0 Å². The molecule has 0 N–H and O–H groups in total. The van der Waals surface area contributed by atoms with Crippen LogP contribution in [0.3, 0.4) is 0 Å². The van der Waals surface area contributed by atoms with E-state index in [9.17, 15) is 4.79 Å². The fourth-order valence-corrected chi connectivity index (χ4v) is 1.59. The molecule has 0 unspecified atom stereocenters. The Morgan fingerprint density at radius 2 is 2.50 bits per heavy atom. The summed E-state index contributed by atoms with van der Waals surface area (Å²) < 4.78 is 0. The summed E-state index contributed by atoms with van der Waals surface area (Å²) in [4.78, 5) is 12.9. The number of nitriles is 1. The minimum atomic E-state index is -0.208. The molecule has 12 heavy (non-hydrogen) atoms. The van der Waals surface area contributed by atoms with E-state index < -0.39 is 0 Å². The smallest absolute Gasteiger partial charge is 0.224 e. The molecule has 0 radical (unpaired) electrons.